The topological polar surface area (TPSA) is 60.7 Å². The van der Waals surface area contributed by atoms with E-state index in [2.05, 4.69) is 95.6 Å². The fourth-order valence-corrected chi connectivity index (χ4v) is 4.37. The lowest BCUT2D eigenvalue weighted by atomic mass is 9.82. The summed E-state index contributed by atoms with van der Waals surface area (Å²) >= 11 is 0. The van der Waals surface area contributed by atoms with E-state index in [9.17, 15) is 4.79 Å². The van der Waals surface area contributed by atoms with Crippen LogP contribution in [0.4, 0.5) is 0 Å². The van der Waals surface area contributed by atoms with Crippen molar-refractivity contribution < 1.29 is 4.79 Å². The first-order chi connectivity index (χ1) is 17.2. The van der Waals surface area contributed by atoms with Crippen LogP contribution in [0.5, 0.6) is 0 Å². The normalized spacial score (nSPS) is 12.9. The second-order valence-corrected chi connectivity index (χ2v) is 12.6. The quantitative estimate of drug-likeness (QED) is 0.274. The van der Waals surface area contributed by atoms with Gasteiger partial charge in [0.2, 0.25) is 0 Å². The summed E-state index contributed by atoms with van der Waals surface area (Å²) in [6.07, 6.45) is 16.9. The third kappa shape index (κ3) is 10.5. The molecule has 0 aliphatic heterocycles. The molecule has 0 aromatic carbocycles. The average Bonchev–Trinajstić information content (AvgIpc) is 3.50. The number of carbonyl (C=O) groups is 1. The maximum atomic E-state index is 11.3. The molecule has 0 bridgehead atoms. The van der Waals surface area contributed by atoms with Crippen LogP contribution in [-0.2, 0) is 34.0 Å². The zero-order valence-electron chi connectivity index (χ0n) is 24.0. The molecule has 0 radical (unpaired) electrons. The predicted molar refractivity (Wildman–Crippen MR) is 181 cm³/mol. The Hall–Kier alpha value is -3.34. The summed E-state index contributed by atoms with van der Waals surface area (Å²) in [5.41, 5.74) is 7.73. The van der Waals surface area contributed by atoms with Gasteiger partial charge in [-0.3, -0.25) is 19.4 Å². The molecule has 3 aromatic heterocycles. The number of fused-ring (bicyclic) bond motifs is 2. The lowest BCUT2D eigenvalue weighted by Crippen LogP contribution is -2.21. The first-order valence-electron chi connectivity index (χ1n) is 13.0. The molecular formula is C36H58N4O. The van der Waals surface area contributed by atoms with Crippen LogP contribution >= 0.6 is 0 Å². The Bertz CT molecular complexity index is 1280. The largest absolute Gasteiger partial charge is 0.294 e. The van der Waals surface area contributed by atoms with Gasteiger partial charge in [-0.05, 0) is 78.6 Å². The Labute approximate surface area is 252 Å². The highest BCUT2D eigenvalue weighted by atomic mass is 16.1. The highest BCUT2D eigenvalue weighted by molar-refractivity contribution is 5.98. The van der Waals surface area contributed by atoms with Crippen LogP contribution in [0.2, 0.25) is 0 Å². The minimum atomic E-state index is 0. The molecule has 228 valence electrons. The van der Waals surface area contributed by atoms with Crippen LogP contribution < -0.4 is 0 Å². The number of hydrogen-bond donors (Lipinski definition) is 0. The van der Waals surface area contributed by atoms with Crippen LogP contribution in [0.15, 0.2) is 55.1 Å². The molecule has 5 rings (SSSR count). The van der Waals surface area contributed by atoms with E-state index in [1.807, 2.05) is 35.3 Å². The molecule has 0 unspecified atom stereocenters. The van der Waals surface area contributed by atoms with Crippen molar-refractivity contribution in [3.05, 3.63) is 88.8 Å². The van der Waals surface area contributed by atoms with Crippen LogP contribution in [-0.4, -0.2) is 25.5 Å². The third-order valence-electron chi connectivity index (χ3n) is 6.33. The van der Waals surface area contributed by atoms with E-state index < -0.39 is 0 Å². The number of allylic oxidation sites excluding steroid dienone is 2. The Morgan fingerprint density at radius 3 is 1.63 bits per heavy atom. The zero-order valence-corrected chi connectivity index (χ0v) is 24.0. The second-order valence-electron chi connectivity index (χ2n) is 12.6. The lowest BCUT2D eigenvalue weighted by Gasteiger charge is -2.24. The summed E-state index contributed by atoms with van der Waals surface area (Å²) < 4.78 is 1.94. The van der Waals surface area contributed by atoms with Crippen LogP contribution in [0.25, 0.3) is 12.2 Å². The van der Waals surface area contributed by atoms with Gasteiger partial charge in [-0.25, -0.2) is 0 Å². The molecule has 0 amide bonds. The van der Waals surface area contributed by atoms with Gasteiger partial charge in [0.15, 0.2) is 5.78 Å². The van der Waals surface area contributed by atoms with Gasteiger partial charge >= 0.3 is 0 Å². The van der Waals surface area contributed by atoms with E-state index in [0.717, 1.165) is 17.7 Å². The molecule has 2 aliphatic rings. The number of pyridine rings is 2. The fraction of sp³-hybridized carbons (Fsp3) is 0.500. The summed E-state index contributed by atoms with van der Waals surface area (Å²) in [7, 11) is 0. The third-order valence-corrected chi connectivity index (χ3v) is 6.33. The monoisotopic (exact) mass is 562 g/mol. The number of rotatable bonds is 0. The number of nitrogens with zero attached hydrogens (tertiary/aromatic N) is 4. The maximum Gasteiger partial charge on any atom is 0.161 e. The Kier molecular flexibility index (Phi) is 15.1. The van der Waals surface area contributed by atoms with E-state index in [1.54, 1.807) is 18.5 Å². The minimum absolute atomic E-state index is 0. The number of carbonyl (C=O) groups excluding carboxylic acids is 1. The first-order valence-corrected chi connectivity index (χ1v) is 13.0. The SMILES string of the molecule is C.C.C.C.CC(C)(C)c1ccnc2c1C=CC(=O)C2.CC(C)(C)c1ccnc2c1C=CC2.CC(C)(C)n1cccn1. The summed E-state index contributed by atoms with van der Waals surface area (Å²) in [5, 5.41) is 4.10. The van der Waals surface area contributed by atoms with Crippen molar-refractivity contribution in [1.29, 1.82) is 0 Å². The van der Waals surface area contributed by atoms with Crippen molar-refractivity contribution >= 4 is 17.9 Å². The molecule has 41 heavy (non-hydrogen) atoms. The molecule has 5 heteroatoms. The molecule has 0 N–H and O–H groups in total. The number of ketones is 1. The van der Waals surface area contributed by atoms with Crippen molar-refractivity contribution in [2.45, 2.75) is 121 Å². The lowest BCUT2D eigenvalue weighted by molar-refractivity contribution is -0.114. The van der Waals surface area contributed by atoms with E-state index >= 15 is 0 Å². The standard InChI is InChI=1S/C13H15NO.C12H15N.C7H12N2.4CH4/c1-13(2,3)11-6-7-14-12-8-9(15)4-5-10(11)12;1-12(2,3)10-7-8-13-11-6-4-5-9(10)11;1-7(2,3)9-6-4-5-8-9;;;;/h4-7H,8H2,1-3H3;4-5,7-8H,6H2,1-3H3;4-6H,1-3H3;4*1H4. The van der Waals surface area contributed by atoms with E-state index in [-0.39, 0.29) is 51.9 Å². The van der Waals surface area contributed by atoms with Crippen LogP contribution in [0.1, 0.15) is 126 Å². The van der Waals surface area contributed by atoms with Crippen molar-refractivity contribution in [2.24, 2.45) is 0 Å². The van der Waals surface area contributed by atoms with Crippen molar-refractivity contribution in [2.75, 3.05) is 0 Å². The molecule has 0 fully saturated rings. The van der Waals surface area contributed by atoms with Gasteiger partial charge in [0, 0.05) is 36.8 Å². The fourth-order valence-electron chi connectivity index (χ4n) is 4.37. The summed E-state index contributed by atoms with van der Waals surface area (Å²) in [6.45, 7) is 19.6. The smallest absolute Gasteiger partial charge is 0.161 e. The van der Waals surface area contributed by atoms with Gasteiger partial charge in [-0.1, -0.05) is 83.4 Å². The molecule has 2 aliphatic carbocycles. The summed E-state index contributed by atoms with van der Waals surface area (Å²) in [4.78, 5) is 19.9. The molecule has 5 nitrogen and oxygen atoms in total. The van der Waals surface area contributed by atoms with Crippen molar-refractivity contribution in [1.82, 2.24) is 19.7 Å². The van der Waals surface area contributed by atoms with Gasteiger partial charge in [0.25, 0.3) is 0 Å². The molecular weight excluding hydrogens is 504 g/mol. The molecule has 0 atom stereocenters. The molecule has 0 saturated heterocycles. The van der Waals surface area contributed by atoms with E-state index in [0.29, 0.717) is 6.42 Å². The van der Waals surface area contributed by atoms with Gasteiger partial charge in [-0.2, -0.15) is 5.10 Å². The van der Waals surface area contributed by atoms with Gasteiger partial charge in [0.1, 0.15) is 0 Å². The highest BCUT2D eigenvalue weighted by Gasteiger charge is 2.22. The molecule has 3 heterocycles. The minimum Gasteiger partial charge on any atom is -0.294 e. The molecule has 0 saturated carbocycles. The summed E-state index contributed by atoms with van der Waals surface area (Å²) in [6, 6.07) is 6.11. The van der Waals surface area contributed by atoms with Gasteiger partial charge in [0.05, 0.1) is 23.3 Å². The average molecular weight is 563 g/mol. The van der Waals surface area contributed by atoms with Crippen LogP contribution in [0.3, 0.4) is 0 Å². The van der Waals surface area contributed by atoms with Crippen LogP contribution in [0, 0.1) is 0 Å². The first kappa shape index (κ1) is 39.8. The van der Waals surface area contributed by atoms with Crippen molar-refractivity contribution in [3.63, 3.8) is 0 Å². The number of hydrogen-bond acceptors (Lipinski definition) is 4. The zero-order chi connectivity index (χ0) is 27.4. The second kappa shape index (κ2) is 15.6. The Balaban J connectivity index is 0. The predicted octanol–water partition coefficient (Wildman–Crippen LogP) is 9.65. The van der Waals surface area contributed by atoms with E-state index in [4.69, 9.17) is 0 Å². The van der Waals surface area contributed by atoms with Gasteiger partial charge in [-0.15, -0.1) is 0 Å². The molecule has 0 spiro atoms. The summed E-state index contributed by atoms with van der Waals surface area (Å²) in [5.74, 6) is 0.140. The van der Waals surface area contributed by atoms with Crippen molar-refractivity contribution in [3.8, 4) is 0 Å². The highest BCUT2D eigenvalue weighted by Crippen LogP contribution is 2.31. The van der Waals surface area contributed by atoms with Gasteiger partial charge < -0.3 is 0 Å². The number of aromatic nitrogens is 4. The Morgan fingerprint density at radius 1 is 0.683 bits per heavy atom. The maximum absolute atomic E-state index is 11.3. The van der Waals surface area contributed by atoms with E-state index in [1.165, 1.54) is 22.4 Å². The Morgan fingerprint density at radius 2 is 1.20 bits per heavy atom. The molecule has 3 aromatic rings.